The van der Waals surface area contributed by atoms with Crippen molar-refractivity contribution in [3.05, 3.63) is 47.3 Å². The Bertz CT molecular complexity index is 652. The number of rotatable bonds is 4. The van der Waals surface area contributed by atoms with Gasteiger partial charge in [-0.15, -0.1) is 0 Å². The summed E-state index contributed by atoms with van der Waals surface area (Å²) in [5.74, 6) is -0.989. The molecule has 1 aromatic heterocycles. The normalized spacial score (nSPS) is 11.7. The van der Waals surface area contributed by atoms with Crippen LogP contribution >= 0.6 is 0 Å². The van der Waals surface area contributed by atoms with Crippen molar-refractivity contribution in [3.63, 3.8) is 0 Å². The standard InChI is InChI=1S/C14H16N4O3/c1-8-5-11(3-4-12(8)13(19)20)18-14(21)17-9(2)10-6-15-16-7-10/h3-7,9H,1-2H3,(H,15,16)(H,19,20)(H2,17,18,21). The Morgan fingerprint density at radius 2 is 2.14 bits per heavy atom. The minimum atomic E-state index is -0.989. The molecule has 0 spiro atoms. The zero-order valence-corrected chi connectivity index (χ0v) is 11.7. The number of aromatic amines is 1. The van der Waals surface area contributed by atoms with Crippen molar-refractivity contribution in [2.45, 2.75) is 19.9 Å². The van der Waals surface area contributed by atoms with E-state index in [0.29, 0.717) is 11.3 Å². The fourth-order valence-electron chi connectivity index (χ4n) is 1.93. The highest BCUT2D eigenvalue weighted by molar-refractivity contribution is 5.92. The molecule has 7 heteroatoms. The largest absolute Gasteiger partial charge is 0.478 e. The van der Waals surface area contributed by atoms with E-state index >= 15 is 0 Å². The van der Waals surface area contributed by atoms with Gasteiger partial charge in [0, 0.05) is 17.4 Å². The van der Waals surface area contributed by atoms with E-state index in [1.165, 1.54) is 6.07 Å². The zero-order valence-electron chi connectivity index (χ0n) is 11.7. The fourth-order valence-corrected chi connectivity index (χ4v) is 1.93. The number of nitrogens with zero attached hydrogens (tertiary/aromatic N) is 1. The van der Waals surface area contributed by atoms with Crippen molar-refractivity contribution in [2.24, 2.45) is 0 Å². The second-order valence-electron chi connectivity index (χ2n) is 4.69. The van der Waals surface area contributed by atoms with Gasteiger partial charge in [0.2, 0.25) is 0 Å². The van der Waals surface area contributed by atoms with Crippen LogP contribution in [0.5, 0.6) is 0 Å². The topological polar surface area (TPSA) is 107 Å². The Morgan fingerprint density at radius 3 is 2.71 bits per heavy atom. The number of carbonyl (C=O) groups excluding carboxylic acids is 1. The van der Waals surface area contributed by atoms with Crippen molar-refractivity contribution in [3.8, 4) is 0 Å². The predicted octanol–water partition coefficient (Wildman–Crippen LogP) is 2.30. The number of urea groups is 1. The summed E-state index contributed by atoms with van der Waals surface area (Å²) < 4.78 is 0. The molecule has 1 unspecified atom stereocenters. The van der Waals surface area contributed by atoms with Gasteiger partial charge >= 0.3 is 12.0 Å². The predicted molar refractivity (Wildman–Crippen MR) is 77.3 cm³/mol. The molecule has 1 heterocycles. The third kappa shape index (κ3) is 3.59. The van der Waals surface area contributed by atoms with E-state index in [1.54, 1.807) is 31.5 Å². The quantitative estimate of drug-likeness (QED) is 0.692. The van der Waals surface area contributed by atoms with E-state index < -0.39 is 5.97 Å². The molecule has 2 amide bonds. The van der Waals surface area contributed by atoms with Gasteiger partial charge < -0.3 is 15.7 Å². The lowest BCUT2D eigenvalue weighted by atomic mass is 10.1. The Balaban J connectivity index is 2.00. The maximum absolute atomic E-state index is 11.9. The van der Waals surface area contributed by atoms with E-state index in [-0.39, 0.29) is 17.6 Å². The van der Waals surface area contributed by atoms with Crippen molar-refractivity contribution in [1.82, 2.24) is 15.5 Å². The van der Waals surface area contributed by atoms with Gasteiger partial charge in [0.05, 0.1) is 17.8 Å². The molecule has 7 nitrogen and oxygen atoms in total. The van der Waals surface area contributed by atoms with Gasteiger partial charge in [0.1, 0.15) is 0 Å². The van der Waals surface area contributed by atoms with Gasteiger partial charge in [-0.05, 0) is 37.6 Å². The number of H-pyrrole nitrogens is 1. The Kier molecular flexibility index (Phi) is 4.22. The average Bonchev–Trinajstić information content (AvgIpc) is 2.91. The molecule has 0 fully saturated rings. The van der Waals surface area contributed by atoms with Gasteiger partial charge in [-0.25, -0.2) is 9.59 Å². The fraction of sp³-hybridized carbons (Fsp3) is 0.214. The number of benzene rings is 1. The molecule has 1 atom stereocenters. The summed E-state index contributed by atoms with van der Waals surface area (Å²) in [6.45, 7) is 3.52. The van der Waals surface area contributed by atoms with Gasteiger partial charge in [0.25, 0.3) is 0 Å². The van der Waals surface area contributed by atoms with E-state index in [2.05, 4.69) is 20.8 Å². The van der Waals surface area contributed by atoms with E-state index in [0.717, 1.165) is 5.56 Å². The molecule has 0 bridgehead atoms. The first-order valence-electron chi connectivity index (χ1n) is 6.37. The van der Waals surface area contributed by atoms with Gasteiger partial charge in [-0.1, -0.05) is 0 Å². The number of carboxylic acid groups (broad SMARTS) is 1. The summed E-state index contributed by atoms with van der Waals surface area (Å²) in [6, 6.07) is 4.07. The average molecular weight is 288 g/mol. The third-order valence-corrected chi connectivity index (χ3v) is 3.08. The Morgan fingerprint density at radius 1 is 1.38 bits per heavy atom. The van der Waals surface area contributed by atoms with Gasteiger partial charge in [-0.2, -0.15) is 5.10 Å². The molecule has 110 valence electrons. The van der Waals surface area contributed by atoms with E-state index in [4.69, 9.17) is 5.11 Å². The summed E-state index contributed by atoms with van der Waals surface area (Å²) in [7, 11) is 0. The van der Waals surface area contributed by atoms with Crippen LogP contribution in [0.25, 0.3) is 0 Å². The van der Waals surface area contributed by atoms with Crippen molar-refractivity contribution in [2.75, 3.05) is 5.32 Å². The lowest BCUT2D eigenvalue weighted by molar-refractivity contribution is 0.0696. The first-order chi connectivity index (χ1) is 9.97. The molecule has 4 N–H and O–H groups in total. The van der Waals surface area contributed by atoms with E-state index in [1.807, 2.05) is 6.92 Å². The smallest absolute Gasteiger partial charge is 0.335 e. The monoisotopic (exact) mass is 288 g/mol. The minimum Gasteiger partial charge on any atom is -0.478 e. The molecule has 2 aromatic rings. The molecule has 21 heavy (non-hydrogen) atoms. The molecule has 0 aliphatic rings. The molecule has 0 aliphatic heterocycles. The van der Waals surface area contributed by atoms with Crippen LogP contribution in [0.4, 0.5) is 10.5 Å². The molecule has 2 rings (SSSR count). The van der Waals surface area contributed by atoms with Gasteiger partial charge in [0.15, 0.2) is 0 Å². The highest BCUT2D eigenvalue weighted by atomic mass is 16.4. The molecule has 0 aliphatic carbocycles. The number of carboxylic acids is 1. The van der Waals surface area contributed by atoms with Crippen LogP contribution < -0.4 is 10.6 Å². The Labute approximate surface area is 121 Å². The summed E-state index contributed by atoms with van der Waals surface area (Å²) in [6.07, 6.45) is 3.34. The summed E-state index contributed by atoms with van der Waals surface area (Å²) in [5.41, 5.74) is 2.20. The van der Waals surface area contributed by atoms with Crippen LogP contribution in [-0.2, 0) is 0 Å². The molecule has 0 saturated heterocycles. The van der Waals surface area contributed by atoms with Crippen LogP contribution in [-0.4, -0.2) is 27.3 Å². The number of aromatic nitrogens is 2. The second kappa shape index (κ2) is 6.08. The zero-order chi connectivity index (χ0) is 15.4. The highest BCUT2D eigenvalue weighted by Gasteiger charge is 2.12. The summed E-state index contributed by atoms with van der Waals surface area (Å²) in [5, 5.41) is 20.9. The van der Waals surface area contributed by atoms with Crippen molar-refractivity contribution in [1.29, 1.82) is 0 Å². The number of aromatic carboxylic acids is 1. The number of nitrogens with one attached hydrogen (secondary N) is 3. The van der Waals surface area contributed by atoms with Crippen LogP contribution in [0.1, 0.15) is 34.5 Å². The number of hydrogen-bond donors (Lipinski definition) is 4. The number of aryl methyl sites for hydroxylation is 1. The SMILES string of the molecule is Cc1cc(NC(=O)NC(C)c2cn[nH]c2)ccc1C(=O)O. The van der Waals surface area contributed by atoms with Crippen LogP contribution in [0.2, 0.25) is 0 Å². The van der Waals surface area contributed by atoms with Crippen molar-refractivity contribution >= 4 is 17.7 Å². The third-order valence-electron chi connectivity index (χ3n) is 3.08. The number of amides is 2. The van der Waals surface area contributed by atoms with E-state index in [9.17, 15) is 9.59 Å². The molecule has 1 aromatic carbocycles. The number of anilines is 1. The van der Waals surface area contributed by atoms with Crippen molar-refractivity contribution < 1.29 is 14.7 Å². The first kappa shape index (κ1) is 14.6. The maximum Gasteiger partial charge on any atom is 0.335 e. The van der Waals surface area contributed by atoms with Crippen LogP contribution in [0.15, 0.2) is 30.6 Å². The number of hydrogen-bond acceptors (Lipinski definition) is 3. The Hall–Kier alpha value is -2.83. The van der Waals surface area contributed by atoms with Crippen LogP contribution in [0.3, 0.4) is 0 Å². The number of carbonyl (C=O) groups is 2. The lowest BCUT2D eigenvalue weighted by Crippen LogP contribution is -2.31. The highest BCUT2D eigenvalue weighted by Crippen LogP contribution is 2.16. The molecular formula is C14H16N4O3. The van der Waals surface area contributed by atoms with Gasteiger partial charge in [-0.3, -0.25) is 5.10 Å². The second-order valence-corrected chi connectivity index (χ2v) is 4.69. The molecule has 0 radical (unpaired) electrons. The first-order valence-corrected chi connectivity index (χ1v) is 6.37. The summed E-state index contributed by atoms with van der Waals surface area (Å²) >= 11 is 0. The molecular weight excluding hydrogens is 272 g/mol. The maximum atomic E-state index is 11.9. The van der Waals surface area contributed by atoms with Crippen LogP contribution in [0, 0.1) is 6.92 Å². The summed E-state index contributed by atoms with van der Waals surface area (Å²) in [4.78, 5) is 22.8. The minimum absolute atomic E-state index is 0.192. The lowest BCUT2D eigenvalue weighted by Gasteiger charge is -2.13. The molecule has 0 saturated carbocycles.